The molecule has 1 aliphatic heterocycles. The molecule has 0 amide bonds. The van der Waals surface area contributed by atoms with E-state index in [1.807, 2.05) is 11.9 Å². The number of hydrogen-bond acceptors (Lipinski definition) is 3. The summed E-state index contributed by atoms with van der Waals surface area (Å²) in [6, 6.07) is 10.3. The molecular formula is C26H18F5N3O. The van der Waals surface area contributed by atoms with Crippen LogP contribution in [-0.4, -0.2) is 22.1 Å². The van der Waals surface area contributed by atoms with E-state index in [0.717, 1.165) is 23.8 Å². The lowest BCUT2D eigenvalue weighted by molar-refractivity contribution is -0.137. The Morgan fingerprint density at radius 2 is 1.71 bits per heavy atom. The minimum Gasteiger partial charge on any atom is -0.394 e. The summed E-state index contributed by atoms with van der Waals surface area (Å²) in [6.07, 6.45) is 0.255. The van der Waals surface area contributed by atoms with Crippen LogP contribution in [0.5, 0.6) is 0 Å². The Bertz CT molecular complexity index is 1510. The van der Waals surface area contributed by atoms with Crippen molar-refractivity contribution in [2.45, 2.75) is 12.7 Å². The van der Waals surface area contributed by atoms with E-state index in [9.17, 15) is 26.7 Å². The second-order valence-electron chi connectivity index (χ2n) is 8.40. The fourth-order valence-corrected chi connectivity index (χ4v) is 4.35. The van der Waals surface area contributed by atoms with Crippen LogP contribution in [0.3, 0.4) is 0 Å². The first-order valence-corrected chi connectivity index (χ1v) is 10.6. The molecule has 0 spiro atoms. The molecule has 178 valence electrons. The van der Waals surface area contributed by atoms with Crippen LogP contribution in [0.1, 0.15) is 32.7 Å². The van der Waals surface area contributed by atoms with E-state index in [-0.39, 0.29) is 22.4 Å². The fourth-order valence-electron chi connectivity index (χ4n) is 4.35. The molecule has 4 nitrogen and oxygen atoms in total. The van der Waals surface area contributed by atoms with Gasteiger partial charge in [0.25, 0.3) is 0 Å². The Kier molecular flexibility index (Phi) is 5.16. The molecule has 0 radical (unpaired) electrons. The molecule has 1 aliphatic rings. The number of pyridine rings is 1. The summed E-state index contributed by atoms with van der Waals surface area (Å²) in [7, 11) is 1.82. The zero-order chi connectivity index (χ0) is 25.1. The van der Waals surface area contributed by atoms with E-state index in [0.29, 0.717) is 17.6 Å². The Hall–Kier alpha value is -4.14. The van der Waals surface area contributed by atoms with Gasteiger partial charge in [0, 0.05) is 30.9 Å². The summed E-state index contributed by atoms with van der Waals surface area (Å²) in [6.45, 7) is 0.444. The van der Waals surface area contributed by atoms with Crippen molar-refractivity contribution in [1.82, 2.24) is 9.30 Å². The molecule has 9 heteroatoms. The number of benzene rings is 2. The van der Waals surface area contributed by atoms with Crippen LogP contribution in [0.2, 0.25) is 0 Å². The van der Waals surface area contributed by atoms with E-state index in [1.54, 1.807) is 18.3 Å². The average Bonchev–Trinajstić information content (AvgIpc) is 3.24. The zero-order valence-corrected chi connectivity index (χ0v) is 18.3. The van der Waals surface area contributed by atoms with E-state index < -0.39 is 34.8 Å². The Morgan fingerprint density at radius 3 is 2.40 bits per heavy atom. The summed E-state index contributed by atoms with van der Waals surface area (Å²) < 4.78 is 71.5. The topological polar surface area (TPSA) is 50.7 Å². The molecule has 0 unspecified atom stereocenters. The van der Waals surface area contributed by atoms with Gasteiger partial charge in [0.1, 0.15) is 17.3 Å². The monoisotopic (exact) mass is 483 g/mol. The summed E-state index contributed by atoms with van der Waals surface area (Å²) in [5, 5.41) is 0. The van der Waals surface area contributed by atoms with Gasteiger partial charge >= 0.3 is 6.18 Å². The molecule has 2 aromatic heterocycles. The summed E-state index contributed by atoms with van der Waals surface area (Å²) in [5.74, 6) is -2.84. The lowest BCUT2D eigenvalue weighted by atomic mass is 9.92. The molecule has 35 heavy (non-hydrogen) atoms. The van der Waals surface area contributed by atoms with Crippen LogP contribution < -0.4 is 5.73 Å². The van der Waals surface area contributed by atoms with Crippen LogP contribution in [0, 0.1) is 11.6 Å². The lowest BCUT2D eigenvalue weighted by Crippen LogP contribution is -2.16. The van der Waals surface area contributed by atoms with Crippen molar-refractivity contribution in [2.24, 2.45) is 0 Å². The van der Waals surface area contributed by atoms with Crippen molar-refractivity contribution in [2.75, 3.05) is 12.8 Å². The number of rotatable bonds is 3. The maximum Gasteiger partial charge on any atom is 0.417 e. The smallest absolute Gasteiger partial charge is 0.394 e. The first-order chi connectivity index (χ1) is 16.5. The van der Waals surface area contributed by atoms with Gasteiger partial charge in [0.15, 0.2) is 0 Å². The molecule has 0 saturated carbocycles. The molecule has 2 aromatic carbocycles. The van der Waals surface area contributed by atoms with E-state index in [2.05, 4.69) is 0 Å². The predicted molar refractivity (Wildman–Crippen MR) is 123 cm³/mol. The maximum atomic E-state index is 14.1. The van der Waals surface area contributed by atoms with Crippen molar-refractivity contribution in [3.8, 4) is 11.1 Å². The SMILES string of the molecule is CN1C=Cc2cc(C(F)(F)F)c(-c3cccn4c(C(=O)c5cc(F)c(N)c(F)c5)ccc34)cc2C1. The fraction of sp³-hybridized carbons (Fsp3) is 0.115. The van der Waals surface area contributed by atoms with Gasteiger partial charge in [-0.1, -0.05) is 6.07 Å². The molecule has 2 N–H and O–H groups in total. The number of anilines is 1. The molecule has 3 heterocycles. The van der Waals surface area contributed by atoms with Crippen molar-refractivity contribution in [3.05, 3.63) is 101 Å². The molecule has 0 fully saturated rings. The third kappa shape index (κ3) is 3.82. The number of alkyl halides is 3. The summed E-state index contributed by atoms with van der Waals surface area (Å²) in [4.78, 5) is 14.9. The normalized spacial score (nSPS) is 13.4. The van der Waals surface area contributed by atoms with Crippen LogP contribution in [0.25, 0.3) is 22.7 Å². The van der Waals surface area contributed by atoms with Crippen LogP contribution >= 0.6 is 0 Å². The number of carbonyl (C=O) groups is 1. The number of aromatic nitrogens is 1. The number of nitrogens with zero attached hydrogens (tertiary/aromatic N) is 2. The minimum atomic E-state index is -4.61. The number of nitrogens with two attached hydrogens (primary N) is 1. The highest BCUT2D eigenvalue weighted by Crippen LogP contribution is 2.41. The van der Waals surface area contributed by atoms with Crippen molar-refractivity contribution in [1.29, 1.82) is 0 Å². The predicted octanol–water partition coefficient (Wildman–Crippen LogP) is 6.13. The number of halogens is 5. The van der Waals surface area contributed by atoms with Gasteiger partial charge in [0.05, 0.1) is 16.8 Å². The Morgan fingerprint density at radius 1 is 1.00 bits per heavy atom. The van der Waals surface area contributed by atoms with Crippen LogP contribution in [0.15, 0.2) is 60.9 Å². The first kappa shape index (κ1) is 22.6. The van der Waals surface area contributed by atoms with Crippen LogP contribution in [0.4, 0.5) is 27.6 Å². The number of hydrogen-bond donors (Lipinski definition) is 1. The largest absolute Gasteiger partial charge is 0.417 e. The molecule has 0 saturated heterocycles. The van der Waals surface area contributed by atoms with Gasteiger partial charge in [0.2, 0.25) is 5.78 Å². The van der Waals surface area contributed by atoms with E-state index in [4.69, 9.17) is 5.73 Å². The first-order valence-electron chi connectivity index (χ1n) is 10.6. The molecule has 0 bridgehead atoms. The number of ketones is 1. The highest BCUT2D eigenvalue weighted by Gasteiger charge is 2.35. The van der Waals surface area contributed by atoms with Gasteiger partial charge < -0.3 is 15.0 Å². The number of carbonyl (C=O) groups excluding carboxylic acids is 1. The number of nitrogen functional groups attached to an aromatic ring is 1. The number of fused-ring (bicyclic) bond motifs is 2. The van der Waals surface area contributed by atoms with Gasteiger partial charge in [-0.05, 0) is 71.4 Å². The second-order valence-corrected chi connectivity index (χ2v) is 8.40. The molecule has 5 rings (SSSR count). The van der Waals surface area contributed by atoms with Gasteiger partial charge in [-0.15, -0.1) is 0 Å². The quantitative estimate of drug-likeness (QED) is 0.217. The molecular weight excluding hydrogens is 465 g/mol. The van der Waals surface area contributed by atoms with Crippen LogP contribution in [-0.2, 0) is 12.7 Å². The molecule has 0 aliphatic carbocycles. The van der Waals surface area contributed by atoms with Crippen molar-refractivity contribution >= 4 is 23.1 Å². The highest BCUT2D eigenvalue weighted by atomic mass is 19.4. The minimum absolute atomic E-state index is 0.0211. The Balaban J connectivity index is 1.69. The molecule has 0 atom stereocenters. The Labute approximate surface area is 196 Å². The zero-order valence-electron chi connectivity index (χ0n) is 18.3. The third-order valence-electron chi connectivity index (χ3n) is 6.07. The van der Waals surface area contributed by atoms with Gasteiger partial charge in [-0.2, -0.15) is 13.2 Å². The third-order valence-corrected chi connectivity index (χ3v) is 6.07. The summed E-state index contributed by atoms with van der Waals surface area (Å²) >= 11 is 0. The van der Waals surface area contributed by atoms with Gasteiger partial charge in [-0.25, -0.2) is 8.78 Å². The van der Waals surface area contributed by atoms with Crippen molar-refractivity contribution < 1.29 is 26.7 Å². The van der Waals surface area contributed by atoms with E-state index in [1.165, 1.54) is 34.9 Å². The maximum absolute atomic E-state index is 14.1. The highest BCUT2D eigenvalue weighted by molar-refractivity contribution is 6.09. The van der Waals surface area contributed by atoms with E-state index >= 15 is 0 Å². The molecule has 4 aromatic rings. The summed E-state index contributed by atoms with van der Waals surface area (Å²) in [5.41, 5.74) is 5.39. The second kappa shape index (κ2) is 7.97. The average molecular weight is 483 g/mol. The van der Waals surface area contributed by atoms with Crippen molar-refractivity contribution in [3.63, 3.8) is 0 Å². The lowest BCUT2D eigenvalue weighted by Gasteiger charge is -2.24. The standard InChI is InChI=1S/C26H18F5N3O/c1-33-8-6-14-10-19(26(29,30)31)18(9-16(14)13-33)17-3-2-7-34-22(17)4-5-23(34)25(35)15-11-20(27)24(32)21(28)12-15/h2-12H,13,32H2,1H3. The van der Waals surface area contributed by atoms with Gasteiger partial charge in [-0.3, -0.25) is 4.79 Å².